The lowest BCUT2D eigenvalue weighted by atomic mass is 9.97. The van der Waals surface area contributed by atoms with E-state index in [0.717, 1.165) is 33.8 Å². The van der Waals surface area contributed by atoms with Gasteiger partial charge in [0.1, 0.15) is 34.7 Å². The minimum Gasteiger partial charge on any atom is -0.480 e. The van der Waals surface area contributed by atoms with Gasteiger partial charge in [-0.2, -0.15) is 14.3 Å². The number of aliphatic carboxylic acids is 2. The number of aromatic nitrogens is 4. The third-order valence-corrected chi connectivity index (χ3v) is 9.99. The molecular formula is C30H33N7O9S2. The van der Waals surface area contributed by atoms with Crippen LogP contribution in [0.3, 0.4) is 0 Å². The number of ether oxygens (including phenoxy) is 1. The van der Waals surface area contributed by atoms with Crippen LogP contribution < -0.4 is 16.3 Å². The molecule has 2 aromatic heterocycles. The Hall–Kier alpha value is -4.68. The fourth-order valence-corrected chi connectivity index (χ4v) is 7.67. The van der Waals surface area contributed by atoms with Gasteiger partial charge in [0.05, 0.1) is 13.0 Å². The molecule has 2 aliphatic rings. The van der Waals surface area contributed by atoms with Crippen molar-refractivity contribution in [2.24, 2.45) is 0 Å². The molecule has 2 aliphatic heterocycles. The Kier molecular flexibility index (Phi) is 10.9. The average Bonchev–Trinajstić information content (AvgIpc) is 3.36. The number of rotatable bonds is 15. The van der Waals surface area contributed by atoms with Crippen molar-refractivity contribution in [3.05, 3.63) is 69.3 Å². The smallest absolute Gasteiger partial charge is 0.367 e. The van der Waals surface area contributed by atoms with Crippen LogP contribution in [0.5, 0.6) is 0 Å². The third kappa shape index (κ3) is 7.24. The van der Waals surface area contributed by atoms with Gasteiger partial charge in [0.2, 0.25) is 5.91 Å². The summed E-state index contributed by atoms with van der Waals surface area (Å²) < 4.78 is 7.12. The van der Waals surface area contributed by atoms with E-state index < -0.39 is 59.4 Å². The maximum Gasteiger partial charge on any atom is 0.367 e. The number of carboxylic acids is 2. The molecule has 16 nitrogen and oxygen atoms in total. The van der Waals surface area contributed by atoms with Crippen molar-refractivity contribution in [2.75, 3.05) is 25.2 Å². The summed E-state index contributed by atoms with van der Waals surface area (Å²) in [6.07, 6.45) is 1.49. The summed E-state index contributed by atoms with van der Waals surface area (Å²) in [6.45, 7) is 1.66. The number of hydrogen-bond acceptors (Lipinski definition) is 12. The molecule has 18 heteroatoms. The fourth-order valence-electron chi connectivity index (χ4n) is 5.33. The first-order valence-corrected chi connectivity index (χ1v) is 17.0. The molecule has 1 aromatic carbocycles. The Bertz CT molecular complexity index is 1860. The third-order valence-electron chi connectivity index (χ3n) is 7.65. The number of carbonyl (C=O) groups is 5. The number of amides is 2. The second kappa shape index (κ2) is 15.0. The number of thioether (sulfide) groups is 2. The summed E-state index contributed by atoms with van der Waals surface area (Å²) in [4.78, 5) is 76.1. The number of β-lactam (4-membered cyclic amide) rings is 1. The van der Waals surface area contributed by atoms with E-state index in [-0.39, 0.29) is 29.3 Å². The van der Waals surface area contributed by atoms with Crippen molar-refractivity contribution >= 4 is 58.9 Å². The molecule has 1 fully saturated rings. The average molecular weight is 700 g/mol. The van der Waals surface area contributed by atoms with Crippen molar-refractivity contribution in [3.63, 3.8) is 0 Å². The molecular weight excluding hydrogens is 667 g/mol. The maximum atomic E-state index is 13.2. The van der Waals surface area contributed by atoms with Crippen molar-refractivity contribution in [2.45, 2.75) is 55.2 Å². The van der Waals surface area contributed by atoms with E-state index in [1.165, 1.54) is 22.7 Å². The van der Waals surface area contributed by atoms with Crippen molar-refractivity contribution in [3.8, 4) is 0 Å². The summed E-state index contributed by atoms with van der Waals surface area (Å²) in [5.74, 6) is -3.59. The highest BCUT2D eigenvalue weighted by Crippen LogP contribution is 2.41. The van der Waals surface area contributed by atoms with Gasteiger partial charge in [-0.3, -0.25) is 19.3 Å². The highest BCUT2D eigenvalue weighted by Gasteiger charge is 2.54. The quantitative estimate of drug-likeness (QED) is 0.0742. The van der Waals surface area contributed by atoms with Crippen molar-refractivity contribution in [1.29, 1.82) is 0 Å². The van der Waals surface area contributed by atoms with Gasteiger partial charge in [0.25, 0.3) is 5.91 Å². The number of nitrogens with one attached hydrogen (secondary N) is 2. The standard InChI is InChI=1S/C30H33N7O9S2/c1-3-4-11-46-29(44)23(31-2)18-8-6-5-7-16(18)12-20(38)32-24-26(41)36-25(28(42)43)17(15-48-27(24)36)14-47-21-10-9-19-33-35(13-22(39)40)30(45)37(19)34-21/h5-10,23-24,27,31H,3-4,11-15H2,1-2H3,(H,32,38)(H,39,40)(H,42,43)/t23?,24?,27-/m0/s1. The van der Waals surface area contributed by atoms with E-state index in [2.05, 4.69) is 20.8 Å². The van der Waals surface area contributed by atoms with Crippen LogP contribution in [0.25, 0.3) is 5.65 Å². The van der Waals surface area contributed by atoms with Crippen LogP contribution in [0.4, 0.5) is 0 Å². The van der Waals surface area contributed by atoms with Crippen LogP contribution in [-0.4, -0.2) is 101 Å². The van der Waals surface area contributed by atoms with Crippen LogP contribution in [0, 0.1) is 0 Å². The number of fused-ring (bicyclic) bond motifs is 2. The highest BCUT2D eigenvalue weighted by molar-refractivity contribution is 8.01. The molecule has 4 N–H and O–H groups in total. The van der Waals surface area contributed by atoms with Gasteiger partial charge in [-0.25, -0.2) is 14.4 Å². The van der Waals surface area contributed by atoms with Crippen molar-refractivity contribution < 1.29 is 38.9 Å². The van der Waals surface area contributed by atoms with E-state index in [4.69, 9.17) is 9.84 Å². The summed E-state index contributed by atoms with van der Waals surface area (Å²) in [6, 6.07) is 8.31. The van der Waals surface area contributed by atoms with Crippen LogP contribution in [0.1, 0.15) is 36.9 Å². The molecule has 254 valence electrons. The predicted molar refractivity (Wildman–Crippen MR) is 173 cm³/mol. The number of esters is 1. The Morgan fingerprint density at radius 1 is 1.12 bits per heavy atom. The van der Waals surface area contributed by atoms with E-state index in [1.54, 1.807) is 37.4 Å². The minimum atomic E-state index is -1.29. The molecule has 0 bridgehead atoms. The first-order valence-electron chi connectivity index (χ1n) is 15.0. The van der Waals surface area contributed by atoms with Gasteiger partial charge in [-0.05, 0) is 42.3 Å². The second-order valence-electron chi connectivity index (χ2n) is 10.9. The molecule has 48 heavy (non-hydrogen) atoms. The molecule has 2 unspecified atom stereocenters. The molecule has 5 rings (SSSR count). The zero-order valence-corrected chi connectivity index (χ0v) is 27.6. The van der Waals surface area contributed by atoms with E-state index in [0.29, 0.717) is 28.3 Å². The van der Waals surface area contributed by atoms with Gasteiger partial charge in [0, 0.05) is 11.5 Å². The maximum absolute atomic E-state index is 13.2. The van der Waals surface area contributed by atoms with E-state index >= 15 is 0 Å². The summed E-state index contributed by atoms with van der Waals surface area (Å²) in [5.41, 5.74) is 0.873. The lowest BCUT2D eigenvalue weighted by Crippen LogP contribution is -2.70. The predicted octanol–water partition coefficient (Wildman–Crippen LogP) is 0.653. The molecule has 4 heterocycles. The largest absolute Gasteiger partial charge is 0.480 e. The lowest BCUT2D eigenvalue weighted by Gasteiger charge is -2.49. The zero-order chi connectivity index (χ0) is 34.5. The topological polar surface area (TPSA) is 215 Å². The number of carbonyl (C=O) groups excluding carboxylic acids is 3. The molecule has 0 aliphatic carbocycles. The first-order chi connectivity index (χ1) is 23.0. The van der Waals surface area contributed by atoms with Crippen LogP contribution >= 0.6 is 23.5 Å². The highest BCUT2D eigenvalue weighted by atomic mass is 32.2. The van der Waals surface area contributed by atoms with Gasteiger partial charge < -0.3 is 25.6 Å². The minimum absolute atomic E-state index is 0.114. The number of carboxylic acid groups (broad SMARTS) is 2. The molecule has 0 saturated carbocycles. The number of nitrogens with zero attached hydrogens (tertiary/aromatic N) is 5. The lowest BCUT2D eigenvalue weighted by molar-refractivity contribution is -0.150. The first kappa shape index (κ1) is 34.6. The Morgan fingerprint density at radius 2 is 1.90 bits per heavy atom. The van der Waals surface area contributed by atoms with Crippen molar-refractivity contribution in [1.82, 2.24) is 34.9 Å². The molecule has 0 radical (unpaired) electrons. The van der Waals surface area contributed by atoms with Crippen LogP contribution in [-0.2, 0) is 41.7 Å². The Balaban J connectivity index is 1.25. The summed E-state index contributed by atoms with van der Waals surface area (Å²) in [7, 11) is 1.63. The molecule has 3 aromatic rings. The van der Waals surface area contributed by atoms with E-state index in [1.807, 2.05) is 6.92 Å². The van der Waals surface area contributed by atoms with Gasteiger partial charge in [-0.1, -0.05) is 37.6 Å². The Morgan fingerprint density at radius 3 is 2.60 bits per heavy atom. The van der Waals surface area contributed by atoms with E-state index in [9.17, 15) is 33.9 Å². The van der Waals surface area contributed by atoms with Gasteiger partial charge in [0.15, 0.2) is 5.65 Å². The molecule has 3 atom stereocenters. The molecule has 1 saturated heterocycles. The van der Waals surface area contributed by atoms with Gasteiger partial charge >= 0.3 is 23.6 Å². The molecule has 0 spiro atoms. The number of hydrogen-bond donors (Lipinski definition) is 4. The van der Waals surface area contributed by atoms with Crippen LogP contribution in [0.15, 0.2) is 57.5 Å². The fraction of sp³-hybridized carbons (Fsp3) is 0.400. The summed E-state index contributed by atoms with van der Waals surface area (Å²) >= 11 is 2.46. The number of likely N-dealkylation sites (N-methyl/N-ethyl adjacent to an activating group) is 1. The van der Waals surface area contributed by atoms with Gasteiger partial charge in [-0.15, -0.1) is 28.6 Å². The number of unbranched alkanes of at least 4 members (excludes halogenated alkanes) is 1. The Labute approximate surface area is 281 Å². The normalized spacial score (nSPS) is 17.9. The zero-order valence-electron chi connectivity index (χ0n) is 26.0. The monoisotopic (exact) mass is 699 g/mol. The van der Waals surface area contributed by atoms with Crippen LogP contribution in [0.2, 0.25) is 0 Å². The second-order valence-corrected chi connectivity index (χ2v) is 13.0. The number of benzene rings is 1. The SMILES string of the molecule is CCCCOC(=O)C(NC)c1ccccc1CC(=O)NC1C(=O)N2C(C(=O)O)=C(CSc3ccc4nn(CC(=O)O)c(=O)n4n3)CS[C@@H]12. The molecule has 2 amide bonds. The summed E-state index contributed by atoms with van der Waals surface area (Å²) in [5, 5.41) is 32.6.